The third-order valence-electron chi connectivity index (χ3n) is 3.49. The van der Waals surface area contributed by atoms with Crippen molar-refractivity contribution >= 4 is 27.8 Å². The first-order valence-electron chi connectivity index (χ1n) is 7.26. The number of amides is 1. The van der Waals surface area contributed by atoms with Gasteiger partial charge < -0.3 is 14.6 Å². The monoisotopic (exact) mass is 396 g/mol. The van der Waals surface area contributed by atoms with Crippen molar-refractivity contribution in [1.29, 1.82) is 0 Å². The molecule has 0 unspecified atom stereocenters. The summed E-state index contributed by atoms with van der Waals surface area (Å²) >= 11 is 0. The Hall–Kier alpha value is -3.25. The molecule has 2 rings (SSSR count). The zero-order valence-electron chi connectivity index (χ0n) is 14.5. The Morgan fingerprint density at radius 2 is 1.63 bits per heavy atom. The molecule has 0 aliphatic heterocycles. The number of sulfonamides is 1. The van der Waals surface area contributed by atoms with Gasteiger partial charge in [-0.3, -0.25) is 10.1 Å². The molecule has 1 amide bonds. The van der Waals surface area contributed by atoms with E-state index in [1.165, 1.54) is 27.2 Å². The van der Waals surface area contributed by atoms with Crippen LogP contribution < -0.4 is 19.9 Å². The Labute approximate surface area is 154 Å². The van der Waals surface area contributed by atoms with E-state index in [0.717, 1.165) is 12.1 Å². The minimum atomic E-state index is -4.40. The number of ether oxygens (including phenoxy) is 2. The summed E-state index contributed by atoms with van der Waals surface area (Å²) in [4.78, 5) is 31.0. The van der Waals surface area contributed by atoms with Gasteiger partial charge in [-0.25, -0.2) is 18.4 Å². The topological polar surface area (TPSA) is 171 Å². The zero-order valence-corrected chi connectivity index (χ0v) is 15.3. The highest BCUT2D eigenvalue weighted by Crippen LogP contribution is 2.24. The quantitative estimate of drug-likeness (QED) is 0.625. The molecule has 2 aromatic rings. The normalized spacial score (nSPS) is 11.0. The van der Waals surface area contributed by atoms with Crippen LogP contribution in [0.1, 0.15) is 26.3 Å². The Morgan fingerprint density at radius 1 is 1.11 bits per heavy atom. The third kappa shape index (κ3) is 4.30. The van der Waals surface area contributed by atoms with Crippen LogP contribution in [-0.2, 0) is 10.0 Å². The number of carboxylic acid groups (broad SMARTS) is 1. The number of benzene rings is 1. The Bertz CT molecular complexity index is 999. The highest BCUT2D eigenvalue weighted by molar-refractivity contribution is 7.89. The van der Waals surface area contributed by atoms with Crippen LogP contribution >= 0.6 is 0 Å². The second kappa shape index (κ2) is 7.55. The number of primary sulfonamides is 1. The molecular formula is C15H16N4O7S. The minimum Gasteiger partial charge on any atom is -0.481 e. The van der Waals surface area contributed by atoms with Gasteiger partial charge >= 0.3 is 5.97 Å². The summed E-state index contributed by atoms with van der Waals surface area (Å²) in [6.45, 7) is 1.24. The maximum Gasteiger partial charge on any atom is 0.335 e. The van der Waals surface area contributed by atoms with Gasteiger partial charge in [0.2, 0.25) is 27.7 Å². The second-order valence-electron chi connectivity index (χ2n) is 5.20. The molecule has 0 fully saturated rings. The second-order valence-corrected chi connectivity index (χ2v) is 6.69. The highest BCUT2D eigenvalue weighted by atomic mass is 32.2. The van der Waals surface area contributed by atoms with Gasteiger partial charge in [-0.1, -0.05) is 0 Å². The first-order valence-corrected chi connectivity index (χ1v) is 8.81. The zero-order chi connectivity index (χ0) is 20.4. The molecule has 0 saturated heterocycles. The number of carbonyl (C=O) groups is 2. The summed E-state index contributed by atoms with van der Waals surface area (Å²) in [5.74, 6) is -2.28. The van der Waals surface area contributed by atoms with Gasteiger partial charge in [-0.05, 0) is 24.6 Å². The molecule has 1 aromatic heterocycles. The first kappa shape index (κ1) is 20.1. The largest absolute Gasteiger partial charge is 0.481 e. The van der Waals surface area contributed by atoms with Gasteiger partial charge in [0, 0.05) is 0 Å². The van der Waals surface area contributed by atoms with E-state index in [4.69, 9.17) is 19.7 Å². The molecule has 0 atom stereocenters. The predicted octanol–water partition coefficient (Wildman–Crippen LogP) is 0.400. The van der Waals surface area contributed by atoms with Gasteiger partial charge in [-0.15, -0.1) is 0 Å². The fraction of sp³-hybridized carbons (Fsp3) is 0.200. The Morgan fingerprint density at radius 3 is 2.07 bits per heavy atom. The number of nitrogens with zero attached hydrogens (tertiary/aromatic N) is 2. The molecule has 0 bridgehead atoms. The van der Waals surface area contributed by atoms with Gasteiger partial charge in [0.1, 0.15) is 0 Å². The minimum absolute atomic E-state index is 0.0984. The number of anilines is 1. The van der Waals surface area contributed by atoms with E-state index in [2.05, 4.69) is 15.3 Å². The summed E-state index contributed by atoms with van der Waals surface area (Å²) < 4.78 is 33.8. The number of carboxylic acids is 1. The van der Waals surface area contributed by atoms with Crippen LogP contribution in [0.5, 0.6) is 11.8 Å². The lowest BCUT2D eigenvalue weighted by atomic mass is 10.0. The summed E-state index contributed by atoms with van der Waals surface area (Å²) in [5, 5.41) is 16.6. The van der Waals surface area contributed by atoms with Crippen molar-refractivity contribution in [3.8, 4) is 11.8 Å². The number of hydrogen-bond acceptors (Lipinski definition) is 8. The van der Waals surface area contributed by atoms with E-state index in [1.54, 1.807) is 0 Å². The lowest BCUT2D eigenvalue weighted by molar-refractivity contribution is 0.0695. The lowest BCUT2D eigenvalue weighted by Crippen LogP contribution is -2.23. The first-order chi connectivity index (χ1) is 12.6. The van der Waals surface area contributed by atoms with Crippen LogP contribution in [0.2, 0.25) is 0 Å². The fourth-order valence-electron chi connectivity index (χ4n) is 2.31. The fourth-order valence-corrected chi connectivity index (χ4v) is 3.31. The molecule has 144 valence electrons. The van der Waals surface area contributed by atoms with E-state index < -0.39 is 26.8 Å². The van der Waals surface area contributed by atoms with Crippen molar-refractivity contribution in [2.45, 2.75) is 11.8 Å². The van der Waals surface area contributed by atoms with Crippen LogP contribution in [-0.4, -0.2) is 49.6 Å². The molecule has 12 heteroatoms. The number of hydrogen-bond donors (Lipinski definition) is 3. The van der Waals surface area contributed by atoms with E-state index in [0.29, 0.717) is 0 Å². The number of nitrogens with two attached hydrogens (primary N) is 1. The number of nitrogens with one attached hydrogen (secondary N) is 1. The SMILES string of the molecule is COc1cc(OC)nc(NC(=O)c2ccc(C(=O)O)c(C)c2S(N)(=O)=O)n1. The summed E-state index contributed by atoms with van der Waals surface area (Å²) in [7, 11) is -1.70. The molecule has 11 nitrogen and oxygen atoms in total. The summed E-state index contributed by atoms with van der Waals surface area (Å²) in [5.41, 5.74) is -0.818. The predicted molar refractivity (Wildman–Crippen MR) is 92.6 cm³/mol. The van der Waals surface area contributed by atoms with E-state index in [1.807, 2.05) is 0 Å². The summed E-state index contributed by atoms with van der Waals surface area (Å²) in [6.07, 6.45) is 0. The average Bonchev–Trinajstić information content (AvgIpc) is 2.59. The number of methoxy groups -OCH3 is 2. The third-order valence-corrected chi connectivity index (χ3v) is 4.58. The van der Waals surface area contributed by atoms with Crippen molar-refractivity contribution in [3.63, 3.8) is 0 Å². The highest BCUT2D eigenvalue weighted by Gasteiger charge is 2.26. The number of carbonyl (C=O) groups excluding carboxylic acids is 1. The van der Waals surface area contributed by atoms with Crippen LogP contribution in [0.3, 0.4) is 0 Å². The van der Waals surface area contributed by atoms with Crippen molar-refractivity contribution in [1.82, 2.24) is 9.97 Å². The molecule has 4 N–H and O–H groups in total. The van der Waals surface area contributed by atoms with Crippen molar-refractivity contribution in [3.05, 3.63) is 34.9 Å². The van der Waals surface area contributed by atoms with Crippen LogP contribution in [0.4, 0.5) is 5.95 Å². The van der Waals surface area contributed by atoms with Crippen molar-refractivity contribution in [2.24, 2.45) is 5.14 Å². The molecule has 0 aliphatic carbocycles. The molecule has 0 spiro atoms. The molecule has 1 aromatic carbocycles. The molecule has 27 heavy (non-hydrogen) atoms. The van der Waals surface area contributed by atoms with Crippen molar-refractivity contribution in [2.75, 3.05) is 19.5 Å². The smallest absolute Gasteiger partial charge is 0.335 e. The van der Waals surface area contributed by atoms with Crippen molar-refractivity contribution < 1.29 is 32.6 Å². The molecule has 1 heterocycles. The molecule has 0 radical (unpaired) electrons. The van der Waals surface area contributed by atoms with Gasteiger partial charge in [0.15, 0.2) is 0 Å². The molecule has 0 aliphatic rings. The maximum atomic E-state index is 12.6. The number of aromatic carboxylic acids is 1. The Balaban J connectivity index is 2.54. The summed E-state index contributed by atoms with van der Waals surface area (Å²) in [6, 6.07) is 3.52. The van der Waals surface area contributed by atoms with E-state index >= 15 is 0 Å². The van der Waals surface area contributed by atoms with Crippen LogP contribution in [0, 0.1) is 6.92 Å². The molecule has 0 saturated carbocycles. The lowest BCUT2D eigenvalue weighted by Gasteiger charge is -2.13. The number of rotatable bonds is 6. The van der Waals surface area contributed by atoms with Crippen LogP contribution in [0.25, 0.3) is 0 Å². The van der Waals surface area contributed by atoms with Gasteiger partial charge in [-0.2, -0.15) is 9.97 Å². The maximum absolute atomic E-state index is 12.6. The van der Waals surface area contributed by atoms with E-state index in [9.17, 15) is 18.0 Å². The van der Waals surface area contributed by atoms with Gasteiger partial charge in [0.25, 0.3) is 5.91 Å². The Kier molecular flexibility index (Phi) is 5.61. The van der Waals surface area contributed by atoms with Crippen LogP contribution in [0.15, 0.2) is 23.1 Å². The van der Waals surface area contributed by atoms with E-state index in [-0.39, 0.29) is 34.4 Å². The standard InChI is InChI=1S/C15H16N4O7S/c1-7-8(14(21)22)4-5-9(12(7)27(16,23)24)13(20)19-15-17-10(25-2)6-11(18-15)26-3/h4-6H,1-3H3,(H,21,22)(H2,16,23,24)(H,17,18,19,20). The molecular weight excluding hydrogens is 380 g/mol. The average molecular weight is 396 g/mol. The van der Waals surface area contributed by atoms with Gasteiger partial charge in [0.05, 0.1) is 36.3 Å². The number of aromatic nitrogens is 2.